The van der Waals surface area contributed by atoms with Crippen LogP contribution in [0.3, 0.4) is 0 Å². The number of rotatable bonds is 6. The van der Waals surface area contributed by atoms with Gasteiger partial charge in [-0.25, -0.2) is 15.0 Å². The van der Waals surface area contributed by atoms with Gasteiger partial charge in [0.05, 0.1) is 47.0 Å². The lowest BCUT2D eigenvalue weighted by atomic mass is 9.94. The van der Waals surface area contributed by atoms with Crippen LogP contribution in [0.2, 0.25) is 0 Å². The molecular weight excluding hydrogens is 506 g/mol. The first-order valence-corrected chi connectivity index (χ1v) is 13.3. The van der Waals surface area contributed by atoms with E-state index >= 15 is 0 Å². The number of anilines is 1. The number of nitrogens with zero attached hydrogens (tertiary/aromatic N) is 7. The van der Waals surface area contributed by atoms with E-state index in [-0.39, 0.29) is 5.91 Å². The molecule has 1 amide bonds. The normalized spacial score (nSPS) is 14.2. The molecule has 0 aromatic carbocycles. The molecule has 12 nitrogen and oxygen atoms in total. The Morgan fingerprint density at radius 3 is 2.88 bits per heavy atom. The van der Waals surface area contributed by atoms with Crippen molar-refractivity contribution in [1.82, 2.24) is 50.0 Å². The molecule has 0 saturated carbocycles. The second-order valence-electron chi connectivity index (χ2n) is 10.1. The van der Waals surface area contributed by atoms with Crippen molar-refractivity contribution >= 4 is 33.7 Å². The van der Waals surface area contributed by atoms with E-state index < -0.39 is 0 Å². The number of aromatic amines is 2. The number of hydrogen-bond acceptors (Lipinski definition) is 8. The van der Waals surface area contributed by atoms with Crippen molar-refractivity contribution in [2.45, 2.75) is 26.2 Å². The maximum Gasteiger partial charge on any atom is 0.224 e. The van der Waals surface area contributed by atoms with Crippen LogP contribution in [0.5, 0.6) is 0 Å². The molecule has 4 N–H and O–H groups in total. The van der Waals surface area contributed by atoms with Gasteiger partial charge in [-0.05, 0) is 57.0 Å². The molecular formula is C28H27N11O. The average molecular weight is 534 g/mol. The van der Waals surface area contributed by atoms with E-state index in [1.54, 1.807) is 31.1 Å². The highest BCUT2D eigenvalue weighted by Gasteiger charge is 2.19. The van der Waals surface area contributed by atoms with Crippen LogP contribution in [0.15, 0.2) is 55.5 Å². The first kappa shape index (κ1) is 24.1. The maximum absolute atomic E-state index is 12.7. The van der Waals surface area contributed by atoms with Gasteiger partial charge in [0.25, 0.3) is 0 Å². The quantitative estimate of drug-likeness (QED) is 0.252. The van der Waals surface area contributed by atoms with Crippen molar-refractivity contribution in [3.05, 3.63) is 61.2 Å². The van der Waals surface area contributed by atoms with Gasteiger partial charge in [0, 0.05) is 36.0 Å². The van der Waals surface area contributed by atoms with Crippen molar-refractivity contribution in [1.29, 1.82) is 0 Å². The average Bonchev–Trinajstić information content (AvgIpc) is 3.71. The lowest BCUT2D eigenvalue weighted by Gasteiger charge is -2.21. The van der Waals surface area contributed by atoms with Crippen molar-refractivity contribution in [2.75, 3.05) is 18.4 Å². The summed E-state index contributed by atoms with van der Waals surface area (Å²) in [4.78, 5) is 38.5. The first-order chi connectivity index (χ1) is 19.6. The number of carbonyl (C=O) groups is 1. The van der Waals surface area contributed by atoms with Gasteiger partial charge in [0.15, 0.2) is 11.5 Å². The monoisotopic (exact) mass is 533 g/mol. The molecule has 7 rings (SSSR count). The molecule has 0 bridgehead atoms. The van der Waals surface area contributed by atoms with Crippen molar-refractivity contribution in [3.8, 4) is 28.5 Å². The minimum atomic E-state index is 0.00935. The third kappa shape index (κ3) is 4.58. The van der Waals surface area contributed by atoms with Gasteiger partial charge in [-0.2, -0.15) is 5.10 Å². The Hall–Kier alpha value is -4.97. The van der Waals surface area contributed by atoms with Gasteiger partial charge in [-0.15, -0.1) is 0 Å². The Labute approximate surface area is 228 Å². The molecule has 1 aliphatic heterocycles. The number of carbonyl (C=O) groups excluding carboxylic acids is 1. The largest absolute Gasteiger partial charge is 0.333 e. The van der Waals surface area contributed by atoms with Gasteiger partial charge in [-0.3, -0.25) is 19.9 Å². The minimum Gasteiger partial charge on any atom is -0.333 e. The summed E-state index contributed by atoms with van der Waals surface area (Å²) in [5.41, 5.74) is 6.77. The van der Waals surface area contributed by atoms with Crippen molar-refractivity contribution < 1.29 is 4.79 Å². The third-order valence-corrected chi connectivity index (χ3v) is 7.28. The first-order valence-electron chi connectivity index (χ1n) is 13.3. The number of pyridine rings is 3. The number of amides is 1. The molecule has 200 valence electrons. The van der Waals surface area contributed by atoms with Crippen LogP contribution in [-0.2, 0) is 4.79 Å². The summed E-state index contributed by atoms with van der Waals surface area (Å²) >= 11 is 0. The Morgan fingerprint density at radius 2 is 2.02 bits per heavy atom. The lowest BCUT2D eigenvalue weighted by Crippen LogP contribution is -2.30. The van der Waals surface area contributed by atoms with Crippen LogP contribution in [0.4, 0.5) is 5.69 Å². The second kappa shape index (κ2) is 9.97. The standard InChI is InChI=1S/C28H27N11O/c1-16-14-39(15-33-16)23-4-7-31-27-26(23)35-28(36-27)25-20-10-21(32-13-22(20)37-38-25)18-9-19(12-30-11-18)34-24(40)8-17-2-5-29-6-3-17/h4,7,9-15,17,29H,2-3,5-6,8H2,1H3,(H,34,40)(H,37,38)(H,31,35,36). The van der Waals surface area contributed by atoms with E-state index in [0.717, 1.165) is 59.3 Å². The second-order valence-corrected chi connectivity index (χ2v) is 10.1. The summed E-state index contributed by atoms with van der Waals surface area (Å²) in [7, 11) is 0. The smallest absolute Gasteiger partial charge is 0.224 e. The van der Waals surface area contributed by atoms with Crippen LogP contribution >= 0.6 is 0 Å². The fourth-order valence-corrected chi connectivity index (χ4v) is 5.24. The third-order valence-electron chi connectivity index (χ3n) is 7.28. The summed E-state index contributed by atoms with van der Waals surface area (Å²) in [6, 6.07) is 5.76. The zero-order valence-electron chi connectivity index (χ0n) is 21.8. The van der Waals surface area contributed by atoms with Crippen molar-refractivity contribution in [3.63, 3.8) is 0 Å². The summed E-state index contributed by atoms with van der Waals surface area (Å²) < 4.78 is 1.94. The number of hydrogen-bond donors (Lipinski definition) is 4. The molecule has 1 aliphatic rings. The summed E-state index contributed by atoms with van der Waals surface area (Å²) in [6.07, 6.45) is 13.1. The molecule has 12 heteroatoms. The number of fused-ring (bicyclic) bond motifs is 2. The Balaban J connectivity index is 1.19. The molecule has 7 heterocycles. The van der Waals surface area contributed by atoms with Gasteiger partial charge in [0.1, 0.15) is 11.2 Å². The van der Waals surface area contributed by atoms with Gasteiger partial charge in [-0.1, -0.05) is 0 Å². The summed E-state index contributed by atoms with van der Waals surface area (Å²) in [5, 5.41) is 14.8. The highest BCUT2D eigenvalue weighted by molar-refractivity contribution is 5.95. The number of piperidine rings is 1. The number of imidazole rings is 2. The zero-order valence-corrected chi connectivity index (χ0v) is 21.8. The highest BCUT2D eigenvalue weighted by Crippen LogP contribution is 2.30. The highest BCUT2D eigenvalue weighted by atomic mass is 16.1. The number of aromatic nitrogens is 9. The fraction of sp³-hybridized carbons (Fsp3) is 0.250. The van der Waals surface area contributed by atoms with E-state index in [0.29, 0.717) is 40.9 Å². The molecule has 0 unspecified atom stereocenters. The maximum atomic E-state index is 12.7. The number of nitrogens with one attached hydrogen (secondary N) is 4. The molecule has 6 aromatic heterocycles. The fourth-order valence-electron chi connectivity index (χ4n) is 5.24. The van der Waals surface area contributed by atoms with Crippen molar-refractivity contribution in [2.24, 2.45) is 5.92 Å². The Morgan fingerprint density at radius 1 is 1.12 bits per heavy atom. The van der Waals surface area contributed by atoms with Crippen LogP contribution in [0.1, 0.15) is 25.0 Å². The predicted molar refractivity (Wildman–Crippen MR) is 151 cm³/mol. The number of H-pyrrole nitrogens is 2. The summed E-state index contributed by atoms with van der Waals surface area (Å²) in [5.74, 6) is 1.01. The molecule has 40 heavy (non-hydrogen) atoms. The topological polar surface area (TPSA) is 155 Å². The lowest BCUT2D eigenvalue weighted by molar-refractivity contribution is -0.117. The molecule has 0 spiro atoms. The number of aryl methyl sites for hydroxylation is 1. The molecule has 6 aromatic rings. The van der Waals surface area contributed by atoms with E-state index in [1.165, 1.54) is 0 Å². The molecule has 0 aliphatic carbocycles. The van der Waals surface area contributed by atoms with Crippen LogP contribution in [0.25, 0.3) is 50.5 Å². The van der Waals surface area contributed by atoms with E-state index in [9.17, 15) is 4.79 Å². The van der Waals surface area contributed by atoms with Gasteiger partial charge in [0.2, 0.25) is 5.91 Å². The molecule has 0 atom stereocenters. The SMILES string of the molecule is Cc1cn(-c2ccnc3nc(-c4n[nH]c5cnc(-c6cncc(NC(=O)CC7CCNCC7)c6)cc45)[nH]c23)cn1. The van der Waals surface area contributed by atoms with Gasteiger partial charge < -0.3 is 20.2 Å². The zero-order chi connectivity index (χ0) is 27.1. The molecule has 0 radical (unpaired) electrons. The van der Waals surface area contributed by atoms with E-state index in [4.69, 9.17) is 4.98 Å². The minimum absolute atomic E-state index is 0.00935. The predicted octanol–water partition coefficient (Wildman–Crippen LogP) is 3.78. The van der Waals surface area contributed by atoms with E-state index in [2.05, 4.69) is 45.8 Å². The van der Waals surface area contributed by atoms with E-state index in [1.807, 2.05) is 35.9 Å². The molecule has 1 saturated heterocycles. The Kier molecular flexibility index (Phi) is 6.00. The van der Waals surface area contributed by atoms with Crippen LogP contribution < -0.4 is 10.6 Å². The van der Waals surface area contributed by atoms with Gasteiger partial charge >= 0.3 is 0 Å². The molecule has 1 fully saturated rings. The van der Waals surface area contributed by atoms with Crippen LogP contribution in [0, 0.1) is 12.8 Å². The Bertz CT molecular complexity index is 1840. The summed E-state index contributed by atoms with van der Waals surface area (Å²) in [6.45, 7) is 3.88. The van der Waals surface area contributed by atoms with Crippen LogP contribution in [-0.4, -0.2) is 63.7 Å².